The Balaban J connectivity index is 1.69. The van der Waals surface area contributed by atoms with E-state index >= 15 is 0 Å². The van der Waals surface area contributed by atoms with Crippen molar-refractivity contribution >= 4 is 11.6 Å². The van der Waals surface area contributed by atoms with Gasteiger partial charge in [-0.15, -0.1) is 0 Å². The number of allylic oxidation sites excluding steroid dienone is 3. The third-order valence-electron chi connectivity index (χ3n) is 8.08. The lowest BCUT2D eigenvalue weighted by Crippen LogP contribution is -2.53. The van der Waals surface area contributed by atoms with Crippen LogP contribution in [-0.2, 0) is 14.3 Å². The molecule has 26 heavy (non-hydrogen) atoms. The number of ketones is 2. The smallest absolute Gasteiger partial charge is 0.178 e. The highest BCUT2D eigenvalue weighted by Crippen LogP contribution is 2.63. The highest BCUT2D eigenvalue weighted by Gasteiger charge is 2.60. The maximum absolute atomic E-state index is 12.6. The van der Waals surface area contributed by atoms with Gasteiger partial charge < -0.3 is 4.74 Å². The summed E-state index contributed by atoms with van der Waals surface area (Å²) in [6.45, 7) is 7.44. The summed E-state index contributed by atoms with van der Waals surface area (Å²) in [6, 6.07) is 0. The van der Waals surface area contributed by atoms with Gasteiger partial charge in [-0.1, -0.05) is 33.3 Å². The monoisotopic (exact) mass is 356 g/mol. The van der Waals surface area contributed by atoms with Crippen LogP contribution < -0.4 is 0 Å². The predicted octanol–water partition coefficient (Wildman–Crippen LogP) is 4.66. The number of rotatable bonds is 4. The van der Waals surface area contributed by atoms with Crippen LogP contribution in [0.2, 0.25) is 0 Å². The molecule has 0 spiro atoms. The maximum Gasteiger partial charge on any atom is 0.178 e. The van der Waals surface area contributed by atoms with Crippen LogP contribution in [0.1, 0.15) is 65.7 Å². The number of Topliss-reactive ketones (excluding diaryl/α,β-unsaturated/α-hetero) is 1. The topological polar surface area (TPSA) is 43.4 Å². The average Bonchev–Trinajstić information content (AvgIpc) is 2.92. The Hall–Kier alpha value is -1.22. The Bertz CT molecular complexity index is 675. The van der Waals surface area contributed by atoms with Crippen LogP contribution >= 0.6 is 0 Å². The fraction of sp³-hybridized carbons (Fsp3) is 0.739. The molecule has 0 amide bonds. The van der Waals surface area contributed by atoms with Crippen molar-refractivity contribution in [1.82, 2.24) is 0 Å². The molecule has 4 rings (SSSR count). The molecule has 0 heterocycles. The van der Waals surface area contributed by atoms with Gasteiger partial charge in [0.25, 0.3) is 0 Å². The lowest BCUT2D eigenvalue weighted by Gasteiger charge is -2.57. The molecule has 0 radical (unpaired) electrons. The molecule has 4 aliphatic carbocycles. The average molecular weight is 357 g/mol. The van der Waals surface area contributed by atoms with E-state index in [2.05, 4.69) is 26.8 Å². The molecule has 3 fully saturated rings. The van der Waals surface area contributed by atoms with Crippen LogP contribution in [-0.4, -0.2) is 24.3 Å². The van der Waals surface area contributed by atoms with Gasteiger partial charge in [-0.3, -0.25) is 9.59 Å². The second-order valence-electron chi connectivity index (χ2n) is 9.36. The van der Waals surface area contributed by atoms with Crippen molar-refractivity contribution in [3.8, 4) is 0 Å². The molecular formula is C23H32O3. The second kappa shape index (κ2) is 6.44. The van der Waals surface area contributed by atoms with E-state index in [1.165, 1.54) is 5.57 Å². The first-order valence-electron chi connectivity index (χ1n) is 10.5. The second-order valence-corrected chi connectivity index (χ2v) is 9.36. The zero-order valence-corrected chi connectivity index (χ0v) is 16.4. The number of carbonyl (C=O) groups is 2. The Morgan fingerprint density at radius 2 is 2.00 bits per heavy atom. The molecule has 4 aliphatic rings. The summed E-state index contributed by atoms with van der Waals surface area (Å²) < 4.78 is 6.32. The normalized spacial score (nSPS) is 44.3. The number of hydrogen-bond donors (Lipinski definition) is 0. The minimum absolute atomic E-state index is 0.0275. The van der Waals surface area contributed by atoms with E-state index in [-0.39, 0.29) is 22.7 Å². The van der Waals surface area contributed by atoms with Gasteiger partial charge in [0, 0.05) is 23.9 Å². The number of hydrogen-bond acceptors (Lipinski definition) is 3. The number of unbranched alkanes of at least 4 members (excludes halogenated alkanes) is 1. The molecule has 3 saturated carbocycles. The fourth-order valence-electron chi connectivity index (χ4n) is 6.52. The van der Waals surface area contributed by atoms with Gasteiger partial charge in [0.2, 0.25) is 0 Å². The van der Waals surface area contributed by atoms with E-state index in [4.69, 9.17) is 4.74 Å². The van der Waals surface area contributed by atoms with E-state index in [1.807, 2.05) is 6.08 Å². The Morgan fingerprint density at radius 1 is 1.19 bits per heavy atom. The lowest BCUT2D eigenvalue weighted by atomic mass is 9.48. The van der Waals surface area contributed by atoms with Gasteiger partial charge in [-0.25, -0.2) is 0 Å². The van der Waals surface area contributed by atoms with E-state index < -0.39 is 0 Å². The minimum Gasteiger partial charge on any atom is -0.374 e. The van der Waals surface area contributed by atoms with Gasteiger partial charge in [0.05, 0.1) is 6.10 Å². The van der Waals surface area contributed by atoms with Crippen LogP contribution in [0.3, 0.4) is 0 Å². The Kier molecular flexibility index (Phi) is 4.50. The maximum atomic E-state index is 12.6. The summed E-state index contributed by atoms with van der Waals surface area (Å²) in [7, 11) is 0. The van der Waals surface area contributed by atoms with Crippen LogP contribution in [0.15, 0.2) is 23.8 Å². The van der Waals surface area contributed by atoms with Gasteiger partial charge in [-0.2, -0.15) is 0 Å². The van der Waals surface area contributed by atoms with Gasteiger partial charge in [0.15, 0.2) is 5.78 Å². The highest BCUT2D eigenvalue weighted by atomic mass is 16.5. The minimum atomic E-state index is -0.124. The SMILES string of the molecule is CCCCO[C@@H]1C[C@@H]2[C@H](CC[C@]3(C)C(=O)CC[C@@H]23)[C@@]2(C)C=CC(=O)C=C12. The van der Waals surface area contributed by atoms with Crippen molar-refractivity contribution in [2.45, 2.75) is 71.8 Å². The molecule has 3 heteroatoms. The van der Waals surface area contributed by atoms with E-state index in [0.717, 1.165) is 51.6 Å². The number of ether oxygens (including phenoxy) is 1. The van der Waals surface area contributed by atoms with Gasteiger partial charge in [-0.05, 0) is 67.6 Å². The molecule has 6 atom stereocenters. The lowest BCUT2D eigenvalue weighted by molar-refractivity contribution is -0.133. The van der Waals surface area contributed by atoms with Gasteiger partial charge in [0.1, 0.15) is 5.78 Å². The van der Waals surface area contributed by atoms with E-state index in [1.54, 1.807) is 6.08 Å². The summed E-state index contributed by atoms with van der Waals surface area (Å²) in [5, 5.41) is 0. The molecule has 3 nitrogen and oxygen atoms in total. The van der Waals surface area contributed by atoms with Crippen LogP contribution in [0, 0.1) is 28.6 Å². The molecule has 0 unspecified atom stereocenters. The van der Waals surface area contributed by atoms with Crippen LogP contribution in [0.5, 0.6) is 0 Å². The van der Waals surface area contributed by atoms with E-state index in [9.17, 15) is 9.59 Å². The van der Waals surface area contributed by atoms with Crippen LogP contribution in [0.25, 0.3) is 0 Å². The number of carbonyl (C=O) groups excluding carboxylic acids is 2. The quantitative estimate of drug-likeness (QED) is 0.688. The molecule has 0 aliphatic heterocycles. The number of fused-ring (bicyclic) bond motifs is 5. The zero-order valence-electron chi connectivity index (χ0n) is 16.4. The third-order valence-corrected chi connectivity index (χ3v) is 8.08. The van der Waals surface area contributed by atoms with Crippen molar-refractivity contribution < 1.29 is 14.3 Å². The van der Waals surface area contributed by atoms with Crippen LogP contribution in [0.4, 0.5) is 0 Å². The summed E-state index contributed by atoms with van der Waals surface area (Å²) >= 11 is 0. The molecule has 142 valence electrons. The van der Waals surface area contributed by atoms with Crippen molar-refractivity contribution in [2.75, 3.05) is 6.61 Å². The van der Waals surface area contributed by atoms with Crippen molar-refractivity contribution in [3.05, 3.63) is 23.8 Å². The molecular weight excluding hydrogens is 324 g/mol. The summed E-state index contributed by atoms with van der Waals surface area (Å²) in [5.41, 5.74) is 0.969. The largest absolute Gasteiger partial charge is 0.374 e. The first-order valence-corrected chi connectivity index (χ1v) is 10.5. The molecule has 0 aromatic heterocycles. The Morgan fingerprint density at radius 3 is 2.77 bits per heavy atom. The standard InChI is InChI=1S/C23H32O3/c1-4-5-12-26-20-14-16-17-6-7-21(25)23(17,3)11-9-18(16)22(2)10-8-15(24)13-19(20)22/h8,10,13,16-18,20H,4-7,9,11-12,14H2,1-3H3/t16-,17-,18-,20+,22+,23-/m0/s1. The van der Waals surface area contributed by atoms with Crippen molar-refractivity contribution in [2.24, 2.45) is 28.6 Å². The molecule has 0 aromatic carbocycles. The van der Waals surface area contributed by atoms with Crippen molar-refractivity contribution in [1.29, 1.82) is 0 Å². The third kappa shape index (κ3) is 2.58. The summed E-state index contributed by atoms with van der Waals surface area (Å²) in [5.74, 6) is 2.09. The molecule has 0 N–H and O–H groups in total. The first-order chi connectivity index (χ1) is 12.4. The van der Waals surface area contributed by atoms with E-state index in [0.29, 0.717) is 23.5 Å². The predicted molar refractivity (Wildman–Crippen MR) is 102 cm³/mol. The zero-order chi connectivity index (χ0) is 18.5. The summed E-state index contributed by atoms with van der Waals surface area (Å²) in [6.07, 6.45) is 12.8. The first kappa shape index (κ1) is 18.2. The fourth-order valence-corrected chi connectivity index (χ4v) is 6.52. The molecule has 0 saturated heterocycles. The van der Waals surface area contributed by atoms with Gasteiger partial charge >= 0.3 is 0 Å². The highest BCUT2D eigenvalue weighted by molar-refractivity contribution is 6.01. The van der Waals surface area contributed by atoms with Crippen molar-refractivity contribution in [3.63, 3.8) is 0 Å². The summed E-state index contributed by atoms with van der Waals surface area (Å²) in [4.78, 5) is 24.7. The Labute approximate surface area is 157 Å². The molecule has 0 bridgehead atoms. The molecule has 0 aromatic rings.